The minimum absolute atomic E-state index is 0.0963. The molecule has 0 unspecified atom stereocenters. The average Bonchev–Trinajstić information content (AvgIpc) is 2.56. The molecule has 2 rings (SSSR count). The Kier molecular flexibility index (Phi) is 6.15. The third-order valence-electron chi connectivity index (χ3n) is 4.28. The summed E-state index contributed by atoms with van der Waals surface area (Å²) in [6.45, 7) is 7.90. The van der Waals surface area contributed by atoms with Crippen LogP contribution in [0.15, 0.2) is 29.3 Å². The molecule has 1 aliphatic rings. The van der Waals surface area contributed by atoms with E-state index >= 15 is 0 Å². The third kappa shape index (κ3) is 4.79. The molecule has 4 amide bonds. The Hall–Kier alpha value is -2.55. The van der Waals surface area contributed by atoms with Crippen LogP contribution in [0.5, 0.6) is 0 Å². The molecule has 1 aromatic rings. The Morgan fingerprint density at radius 1 is 1.15 bits per heavy atom. The van der Waals surface area contributed by atoms with Crippen molar-refractivity contribution in [2.75, 3.05) is 18.9 Å². The van der Waals surface area contributed by atoms with E-state index in [1.807, 2.05) is 50.6 Å². The zero-order valence-electron chi connectivity index (χ0n) is 16.2. The van der Waals surface area contributed by atoms with Gasteiger partial charge in [0.25, 0.3) is 10.0 Å². The Balaban J connectivity index is 2.24. The monoisotopic (exact) mass is 394 g/mol. The predicted octanol–water partition coefficient (Wildman–Crippen LogP) is 2.88. The van der Waals surface area contributed by atoms with Crippen LogP contribution in [-0.2, 0) is 10.0 Å². The summed E-state index contributed by atoms with van der Waals surface area (Å²) in [7, 11) is -2.62. The van der Waals surface area contributed by atoms with Crippen LogP contribution >= 0.6 is 0 Å². The highest BCUT2D eigenvalue weighted by molar-refractivity contribution is 7.94. The highest BCUT2D eigenvalue weighted by Gasteiger charge is 2.27. The van der Waals surface area contributed by atoms with E-state index in [-0.39, 0.29) is 23.3 Å². The van der Waals surface area contributed by atoms with Gasteiger partial charge in [0.15, 0.2) is 0 Å². The predicted molar refractivity (Wildman–Crippen MR) is 105 cm³/mol. The molecular formula is C18H26N4O4S. The SMILES string of the molecule is CC(C)c1cccc(C(C)C)c1NC(=O)NS(=O)(=O)C1=CNC(=O)N(C)C1. The highest BCUT2D eigenvalue weighted by Crippen LogP contribution is 2.32. The number of nitrogens with zero attached hydrogens (tertiary/aromatic N) is 1. The molecule has 27 heavy (non-hydrogen) atoms. The van der Waals surface area contributed by atoms with Crippen molar-refractivity contribution in [3.05, 3.63) is 40.4 Å². The van der Waals surface area contributed by atoms with Crippen LogP contribution in [0.2, 0.25) is 0 Å². The zero-order chi connectivity index (χ0) is 20.4. The lowest BCUT2D eigenvalue weighted by molar-refractivity contribution is 0.214. The molecule has 0 fully saturated rings. The second-order valence-electron chi connectivity index (χ2n) is 7.10. The van der Waals surface area contributed by atoms with E-state index in [0.717, 1.165) is 17.3 Å². The normalized spacial score (nSPS) is 14.9. The van der Waals surface area contributed by atoms with Crippen LogP contribution in [-0.4, -0.2) is 39.0 Å². The molecule has 0 radical (unpaired) electrons. The number of hydrogen-bond donors (Lipinski definition) is 3. The van der Waals surface area contributed by atoms with E-state index < -0.39 is 22.1 Å². The van der Waals surface area contributed by atoms with Crippen LogP contribution in [0, 0.1) is 0 Å². The topological polar surface area (TPSA) is 108 Å². The molecule has 1 heterocycles. The van der Waals surface area contributed by atoms with Crippen molar-refractivity contribution < 1.29 is 18.0 Å². The number of benzene rings is 1. The Labute approximate surface area is 160 Å². The fraction of sp³-hybridized carbons (Fsp3) is 0.444. The number of amides is 4. The van der Waals surface area contributed by atoms with Gasteiger partial charge in [-0.2, -0.15) is 0 Å². The van der Waals surface area contributed by atoms with E-state index in [9.17, 15) is 18.0 Å². The number of sulfonamides is 1. The molecule has 0 bridgehead atoms. The fourth-order valence-corrected chi connectivity index (χ4v) is 3.79. The zero-order valence-corrected chi connectivity index (χ0v) is 17.0. The number of rotatable bonds is 5. The number of carbonyl (C=O) groups is 2. The third-order valence-corrected chi connectivity index (χ3v) is 5.67. The van der Waals surface area contributed by atoms with Gasteiger partial charge in [0.1, 0.15) is 4.91 Å². The second-order valence-corrected chi connectivity index (χ2v) is 8.83. The van der Waals surface area contributed by atoms with Crippen LogP contribution in [0.1, 0.15) is 50.7 Å². The Morgan fingerprint density at radius 3 is 2.19 bits per heavy atom. The second kappa shape index (κ2) is 7.99. The van der Waals surface area contributed by atoms with Crippen LogP contribution in [0.4, 0.5) is 15.3 Å². The first-order chi connectivity index (χ1) is 12.5. The van der Waals surface area contributed by atoms with Crippen molar-refractivity contribution >= 4 is 27.8 Å². The maximum absolute atomic E-state index is 12.5. The Bertz CT molecular complexity index is 849. The molecular weight excluding hydrogens is 368 g/mol. The number of carbonyl (C=O) groups excluding carboxylic acids is 2. The summed E-state index contributed by atoms with van der Waals surface area (Å²) in [5.41, 5.74) is 2.48. The lowest BCUT2D eigenvalue weighted by Crippen LogP contribution is -2.45. The molecule has 9 heteroatoms. The summed E-state index contributed by atoms with van der Waals surface area (Å²) in [6, 6.07) is 4.50. The summed E-state index contributed by atoms with van der Waals surface area (Å²) >= 11 is 0. The summed E-state index contributed by atoms with van der Waals surface area (Å²) in [5, 5.41) is 5.03. The number of likely N-dealkylation sites (N-methyl/N-ethyl adjacent to an activating group) is 1. The average molecular weight is 394 g/mol. The minimum atomic E-state index is -4.08. The van der Waals surface area contributed by atoms with Crippen LogP contribution in [0.25, 0.3) is 0 Å². The van der Waals surface area contributed by atoms with Crippen molar-refractivity contribution in [1.29, 1.82) is 0 Å². The lowest BCUT2D eigenvalue weighted by atomic mass is 9.93. The molecule has 0 atom stereocenters. The summed E-state index contributed by atoms with van der Waals surface area (Å²) in [4.78, 5) is 25.0. The number of hydrogen-bond acceptors (Lipinski definition) is 4. The first kappa shape index (κ1) is 20.8. The highest BCUT2D eigenvalue weighted by atomic mass is 32.2. The van der Waals surface area contributed by atoms with Crippen molar-refractivity contribution in [1.82, 2.24) is 14.9 Å². The van der Waals surface area contributed by atoms with E-state index in [1.165, 1.54) is 11.9 Å². The van der Waals surface area contributed by atoms with Crippen molar-refractivity contribution in [3.63, 3.8) is 0 Å². The van der Waals surface area contributed by atoms with E-state index in [0.29, 0.717) is 5.69 Å². The van der Waals surface area contributed by atoms with Gasteiger partial charge in [-0.3, -0.25) is 0 Å². The standard InChI is InChI=1S/C18H26N4O4S/c1-11(2)14-7-6-8-15(12(3)4)16(14)20-17(23)21-27(25,26)13-9-19-18(24)22(5)10-13/h6-9,11-12H,10H2,1-5H3,(H,19,24)(H2,20,21,23). The van der Waals surface area contributed by atoms with Crippen molar-refractivity contribution in [2.24, 2.45) is 0 Å². The fourth-order valence-electron chi connectivity index (χ4n) is 2.79. The molecule has 0 aliphatic carbocycles. The van der Waals surface area contributed by atoms with Gasteiger partial charge in [0.2, 0.25) is 0 Å². The number of para-hydroxylation sites is 1. The van der Waals surface area contributed by atoms with Gasteiger partial charge >= 0.3 is 12.1 Å². The maximum Gasteiger partial charge on any atom is 0.333 e. The van der Waals surface area contributed by atoms with E-state index in [2.05, 4.69) is 10.6 Å². The molecule has 1 aliphatic heterocycles. The first-order valence-electron chi connectivity index (χ1n) is 8.70. The minimum Gasteiger partial charge on any atom is -0.322 e. The van der Waals surface area contributed by atoms with Gasteiger partial charge in [0.05, 0.1) is 6.54 Å². The maximum atomic E-state index is 12.5. The molecule has 0 aromatic heterocycles. The molecule has 8 nitrogen and oxygen atoms in total. The lowest BCUT2D eigenvalue weighted by Gasteiger charge is -2.24. The van der Waals surface area contributed by atoms with Crippen LogP contribution in [0.3, 0.4) is 0 Å². The molecule has 0 spiro atoms. The van der Waals surface area contributed by atoms with E-state index in [1.54, 1.807) is 0 Å². The summed E-state index contributed by atoms with van der Waals surface area (Å²) in [6.07, 6.45) is 1.10. The van der Waals surface area contributed by atoms with Gasteiger partial charge in [0, 0.05) is 18.9 Å². The van der Waals surface area contributed by atoms with Gasteiger partial charge in [-0.25, -0.2) is 22.7 Å². The van der Waals surface area contributed by atoms with Gasteiger partial charge in [-0.05, 0) is 23.0 Å². The summed E-state index contributed by atoms with van der Waals surface area (Å²) < 4.78 is 26.9. The molecule has 148 valence electrons. The quantitative estimate of drug-likeness (QED) is 0.713. The van der Waals surface area contributed by atoms with Gasteiger partial charge in [-0.15, -0.1) is 0 Å². The molecule has 3 N–H and O–H groups in total. The molecule has 0 saturated heterocycles. The van der Waals surface area contributed by atoms with Crippen LogP contribution < -0.4 is 15.4 Å². The van der Waals surface area contributed by atoms with Crippen molar-refractivity contribution in [3.8, 4) is 0 Å². The van der Waals surface area contributed by atoms with E-state index in [4.69, 9.17) is 0 Å². The van der Waals surface area contributed by atoms with Gasteiger partial charge in [-0.1, -0.05) is 45.9 Å². The number of nitrogens with one attached hydrogen (secondary N) is 3. The Morgan fingerprint density at radius 2 is 1.70 bits per heavy atom. The number of urea groups is 2. The largest absolute Gasteiger partial charge is 0.333 e. The molecule has 0 saturated carbocycles. The smallest absolute Gasteiger partial charge is 0.322 e. The summed E-state index contributed by atoms with van der Waals surface area (Å²) in [5.74, 6) is 0.307. The molecule has 1 aromatic carbocycles. The number of anilines is 1. The van der Waals surface area contributed by atoms with Gasteiger partial charge < -0.3 is 15.5 Å². The first-order valence-corrected chi connectivity index (χ1v) is 10.2. The van der Waals surface area contributed by atoms with Crippen molar-refractivity contribution in [2.45, 2.75) is 39.5 Å².